The van der Waals surface area contributed by atoms with Gasteiger partial charge in [-0.1, -0.05) is 11.6 Å². The molecule has 0 atom stereocenters. The predicted molar refractivity (Wildman–Crippen MR) is 110 cm³/mol. The van der Waals surface area contributed by atoms with Crippen LogP contribution < -0.4 is 10.4 Å². The summed E-state index contributed by atoms with van der Waals surface area (Å²) in [6.45, 7) is 0. The maximum Gasteiger partial charge on any atom is 0.339 e. The summed E-state index contributed by atoms with van der Waals surface area (Å²) < 4.78 is 23.5. The van der Waals surface area contributed by atoms with Crippen LogP contribution in [0.25, 0.3) is 17.4 Å². The van der Waals surface area contributed by atoms with Gasteiger partial charge in [-0.2, -0.15) is 0 Å². The van der Waals surface area contributed by atoms with E-state index in [-0.39, 0.29) is 21.9 Å². The molecule has 1 aromatic heterocycles. The summed E-state index contributed by atoms with van der Waals surface area (Å²) in [5, 5.41) is 1.26. The van der Waals surface area contributed by atoms with E-state index in [0.29, 0.717) is 17.0 Å². The van der Waals surface area contributed by atoms with Crippen molar-refractivity contribution in [1.82, 2.24) is 5.43 Å². The van der Waals surface area contributed by atoms with Gasteiger partial charge >= 0.3 is 5.97 Å². The number of halogens is 2. The second-order valence-corrected chi connectivity index (χ2v) is 6.91. The van der Waals surface area contributed by atoms with Gasteiger partial charge < -0.3 is 9.15 Å². The maximum absolute atomic E-state index is 13.1. The Morgan fingerprint density at radius 1 is 1.13 bits per heavy atom. The molecule has 31 heavy (non-hydrogen) atoms. The Kier molecular flexibility index (Phi) is 5.31. The van der Waals surface area contributed by atoms with Gasteiger partial charge in [-0.05, 0) is 60.7 Å². The number of amides is 2. The van der Waals surface area contributed by atoms with E-state index >= 15 is 0 Å². The average Bonchev–Trinajstić information content (AvgIpc) is 3.34. The molecule has 9 heteroatoms. The Morgan fingerprint density at radius 2 is 1.87 bits per heavy atom. The molecule has 1 N–H and O–H groups in total. The van der Waals surface area contributed by atoms with Gasteiger partial charge in [0.05, 0.1) is 23.4 Å². The van der Waals surface area contributed by atoms with E-state index in [0.717, 1.165) is 5.01 Å². The number of ether oxygens (including phenoxy) is 1. The van der Waals surface area contributed by atoms with Crippen molar-refractivity contribution in [3.05, 3.63) is 82.3 Å². The molecule has 2 amide bonds. The molecule has 0 unspecified atom stereocenters. The van der Waals surface area contributed by atoms with Gasteiger partial charge in [-0.15, -0.1) is 0 Å². The molecule has 2 aromatic carbocycles. The van der Waals surface area contributed by atoms with Crippen LogP contribution in [0.4, 0.5) is 10.1 Å². The summed E-state index contributed by atoms with van der Waals surface area (Å²) >= 11 is 6.03. The quantitative estimate of drug-likeness (QED) is 0.376. The van der Waals surface area contributed by atoms with E-state index in [1.165, 1.54) is 49.6 Å². The number of anilines is 1. The monoisotopic (exact) mass is 440 g/mol. The Balaban J connectivity index is 1.61. The number of hydrazine groups is 1. The first-order valence-electron chi connectivity index (χ1n) is 8.98. The number of carbonyl (C=O) groups is 3. The fourth-order valence-corrected chi connectivity index (χ4v) is 3.20. The molecule has 7 nitrogen and oxygen atoms in total. The third-order valence-electron chi connectivity index (χ3n) is 4.55. The largest absolute Gasteiger partial charge is 0.465 e. The molecule has 2 heterocycles. The molecule has 1 saturated heterocycles. The molecule has 156 valence electrons. The van der Waals surface area contributed by atoms with Crippen LogP contribution >= 0.6 is 11.6 Å². The van der Waals surface area contributed by atoms with E-state index in [1.807, 2.05) is 0 Å². The van der Waals surface area contributed by atoms with E-state index in [1.54, 1.807) is 18.2 Å². The second kappa shape index (κ2) is 8.08. The fraction of sp³-hybridized carbons (Fsp3) is 0.0455. The van der Waals surface area contributed by atoms with Gasteiger partial charge in [-0.3, -0.25) is 15.0 Å². The highest BCUT2D eigenvalue weighted by Crippen LogP contribution is 2.29. The zero-order valence-corrected chi connectivity index (χ0v) is 16.8. The van der Waals surface area contributed by atoms with E-state index in [4.69, 9.17) is 20.8 Å². The lowest BCUT2D eigenvalue weighted by Crippen LogP contribution is -2.35. The van der Waals surface area contributed by atoms with Gasteiger partial charge in [0.1, 0.15) is 22.9 Å². The summed E-state index contributed by atoms with van der Waals surface area (Å²) in [7, 11) is 1.25. The third kappa shape index (κ3) is 3.93. The maximum atomic E-state index is 13.1. The first-order chi connectivity index (χ1) is 14.9. The van der Waals surface area contributed by atoms with Crippen LogP contribution in [0, 0.1) is 5.82 Å². The van der Waals surface area contributed by atoms with Crippen molar-refractivity contribution in [3.8, 4) is 11.3 Å². The summed E-state index contributed by atoms with van der Waals surface area (Å²) in [5.41, 5.74) is 3.34. The summed E-state index contributed by atoms with van der Waals surface area (Å²) in [5.74, 6) is -1.62. The summed E-state index contributed by atoms with van der Waals surface area (Å²) in [4.78, 5) is 36.8. The average molecular weight is 441 g/mol. The van der Waals surface area contributed by atoms with Crippen molar-refractivity contribution >= 4 is 41.1 Å². The molecule has 0 bridgehead atoms. The lowest BCUT2D eigenvalue weighted by atomic mass is 10.1. The smallest absolute Gasteiger partial charge is 0.339 e. The third-order valence-corrected chi connectivity index (χ3v) is 4.88. The van der Waals surface area contributed by atoms with Crippen LogP contribution in [0.1, 0.15) is 16.1 Å². The zero-order valence-electron chi connectivity index (χ0n) is 16.0. The minimum atomic E-state index is -0.619. The van der Waals surface area contributed by atoms with Crippen LogP contribution in [0.3, 0.4) is 0 Å². The van der Waals surface area contributed by atoms with Crippen molar-refractivity contribution in [2.75, 3.05) is 12.1 Å². The molecule has 0 aliphatic carbocycles. The Labute approximate surface area is 180 Å². The zero-order chi connectivity index (χ0) is 22.1. The standard InChI is InChI=1S/C22H14ClFN2O5/c1-30-22(29)16-10-12(2-8-18(16)23)19-9-7-15(31-19)11-17-20(27)25-26(21(17)28)14-5-3-13(24)4-6-14/h2-11H,1H3,(H,25,27)/b17-11-. The minimum absolute atomic E-state index is 0.142. The van der Waals surface area contributed by atoms with Crippen molar-refractivity contribution < 1.29 is 27.9 Å². The number of nitrogens with zero attached hydrogens (tertiary/aromatic N) is 1. The number of hydrogen-bond donors (Lipinski definition) is 1. The number of furan rings is 1. The molecular weight excluding hydrogens is 427 g/mol. The van der Waals surface area contributed by atoms with Crippen LogP contribution in [0.5, 0.6) is 0 Å². The SMILES string of the molecule is COC(=O)c1cc(-c2ccc(/C=C3/C(=O)NN(c4ccc(F)cc4)C3=O)o2)ccc1Cl. The van der Waals surface area contributed by atoms with Gasteiger partial charge in [0.25, 0.3) is 11.8 Å². The van der Waals surface area contributed by atoms with Gasteiger partial charge in [0, 0.05) is 5.56 Å². The molecule has 0 spiro atoms. The Hall–Kier alpha value is -3.91. The molecule has 1 aliphatic heterocycles. The first-order valence-corrected chi connectivity index (χ1v) is 9.36. The van der Waals surface area contributed by atoms with Crippen molar-refractivity contribution in [2.45, 2.75) is 0 Å². The normalized spacial score (nSPS) is 14.8. The van der Waals surface area contributed by atoms with Gasteiger partial charge in [-0.25, -0.2) is 14.2 Å². The number of benzene rings is 2. The van der Waals surface area contributed by atoms with E-state index in [2.05, 4.69) is 5.43 Å². The van der Waals surface area contributed by atoms with E-state index < -0.39 is 23.6 Å². The number of carbonyl (C=O) groups excluding carboxylic acids is 3. The Morgan fingerprint density at radius 3 is 2.58 bits per heavy atom. The van der Waals surface area contributed by atoms with Crippen molar-refractivity contribution in [2.24, 2.45) is 0 Å². The van der Waals surface area contributed by atoms with Crippen LogP contribution in [0.2, 0.25) is 5.02 Å². The molecule has 1 aliphatic rings. The second-order valence-electron chi connectivity index (χ2n) is 6.50. The minimum Gasteiger partial charge on any atom is -0.465 e. The predicted octanol–water partition coefficient (Wildman–Crippen LogP) is 3.99. The molecule has 0 saturated carbocycles. The van der Waals surface area contributed by atoms with Crippen molar-refractivity contribution in [3.63, 3.8) is 0 Å². The molecule has 0 radical (unpaired) electrons. The van der Waals surface area contributed by atoms with Crippen molar-refractivity contribution in [1.29, 1.82) is 0 Å². The summed E-state index contributed by atoms with van der Waals surface area (Å²) in [6.07, 6.45) is 1.31. The lowest BCUT2D eigenvalue weighted by Gasteiger charge is -2.14. The Bertz CT molecular complexity index is 1230. The summed E-state index contributed by atoms with van der Waals surface area (Å²) in [6, 6.07) is 13.1. The highest BCUT2D eigenvalue weighted by atomic mass is 35.5. The van der Waals surface area contributed by atoms with Gasteiger partial charge in [0.2, 0.25) is 0 Å². The fourth-order valence-electron chi connectivity index (χ4n) is 3.00. The molecule has 3 aromatic rings. The highest BCUT2D eigenvalue weighted by molar-refractivity contribution is 6.33. The number of methoxy groups -OCH3 is 1. The molecule has 4 rings (SSSR count). The topological polar surface area (TPSA) is 88.9 Å². The van der Waals surface area contributed by atoms with E-state index in [9.17, 15) is 18.8 Å². The number of hydrogen-bond acceptors (Lipinski definition) is 5. The van der Waals surface area contributed by atoms with Crippen LogP contribution in [0.15, 0.2) is 64.6 Å². The van der Waals surface area contributed by atoms with Gasteiger partial charge in [0.15, 0.2) is 0 Å². The molecule has 1 fully saturated rings. The number of rotatable bonds is 4. The number of esters is 1. The highest BCUT2D eigenvalue weighted by Gasteiger charge is 2.34. The molecular formula is C22H14ClFN2O5. The lowest BCUT2D eigenvalue weighted by molar-refractivity contribution is -0.117. The van der Waals surface area contributed by atoms with Crippen LogP contribution in [-0.2, 0) is 14.3 Å². The first kappa shape index (κ1) is 20.4. The van der Waals surface area contributed by atoms with Crippen LogP contribution in [-0.4, -0.2) is 24.9 Å². The number of nitrogens with one attached hydrogen (secondary N) is 1.